The summed E-state index contributed by atoms with van der Waals surface area (Å²) >= 11 is 0. The van der Waals surface area contributed by atoms with Crippen LogP contribution in [0.15, 0.2) is 24.3 Å². The Kier molecular flexibility index (Phi) is 3.19. The zero-order valence-corrected chi connectivity index (χ0v) is 10.3. The summed E-state index contributed by atoms with van der Waals surface area (Å²) in [6.07, 6.45) is 2.36. The first-order chi connectivity index (χ1) is 8.84. The second-order valence-electron chi connectivity index (χ2n) is 4.94. The average molecular weight is 246 g/mol. The molecule has 2 aliphatic rings. The van der Waals surface area contributed by atoms with Crippen LogP contribution in [0, 0.1) is 0 Å². The lowest BCUT2D eigenvalue weighted by molar-refractivity contribution is -0.122. The zero-order chi connectivity index (χ0) is 12.4. The molecule has 2 aliphatic heterocycles. The molecule has 3 rings (SSSR count). The SMILES string of the molecule is O=C(NCC1CCCN1)C1COc2ccccc21. The van der Waals surface area contributed by atoms with E-state index in [4.69, 9.17) is 4.74 Å². The summed E-state index contributed by atoms with van der Waals surface area (Å²) in [6.45, 7) is 2.25. The Hall–Kier alpha value is -1.55. The van der Waals surface area contributed by atoms with Gasteiger partial charge in [-0.25, -0.2) is 0 Å². The summed E-state index contributed by atoms with van der Waals surface area (Å²) in [4.78, 5) is 12.1. The molecule has 2 unspecified atom stereocenters. The number of nitrogens with one attached hydrogen (secondary N) is 2. The van der Waals surface area contributed by atoms with Crippen LogP contribution in [0.3, 0.4) is 0 Å². The van der Waals surface area contributed by atoms with Crippen LogP contribution in [0.1, 0.15) is 24.3 Å². The van der Waals surface area contributed by atoms with E-state index < -0.39 is 0 Å². The van der Waals surface area contributed by atoms with E-state index >= 15 is 0 Å². The maximum absolute atomic E-state index is 12.1. The number of ether oxygens (including phenoxy) is 1. The second kappa shape index (κ2) is 4.98. The highest BCUT2D eigenvalue weighted by atomic mass is 16.5. The van der Waals surface area contributed by atoms with Crippen molar-refractivity contribution < 1.29 is 9.53 Å². The summed E-state index contributed by atoms with van der Waals surface area (Å²) in [5.41, 5.74) is 1.01. The second-order valence-corrected chi connectivity index (χ2v) is 4.94. The molecule has 18 heavy (non-hydrogen) atoms. The lowest BCUT2D eigenvalue weighted by Gasteiger charge is -2.14. The molecule has 1 saturated heterocycles. The third-order valence-electron chi connectivity index (χ3n) is 3.70. The van der Waals surface area contributed by atoms with Gasteiger partial charge in [-0.05, 0) is 25.5 Å². The molecule has 1 amide bonds. The van der Waals surface area contributed by atoms with E-state index in [2.05, 4.69) is 10.6 Å². The molecule has 0 bridgehead atoms. The molecule has 4 nitrogen and oxygen atoms in total. The molecular formula is C14H18N2O2. The predicted molar refractivity (Wildman–Crippen MR) is 68.7 cm³/mol. The number of hydrogen-bond donors (Lipinski definition) is 2. The van der Waals surface area contributed by atoms with Crippen LogP contribution in [0.25, 0.3) is 0 Å². The minimum Gasteiger partial charge on any atom is -0.492 e. The molecular weight excluding hydrogens is 228 g/mol. The summed E-state index contributed by atoms with van der Waals surface area (Å²) in [5, 5.41) is 6.40. The molecule has 4 heteroatoms. The molecule has 2 heterocycles. The van der Waals surface area contributed by atoms with Crippen LogP contribution in [-0.4, -0.2) is 31.6 Å². The fourth-order valence-corrected chi connectivity index (χ4v) is 2.66. The molecule has 0 spiro atoms. The van der Waals surface area contributed by atoms with E-state index in [1.165, 1.54) is 6.42 Å². The molecule has 1 aromatic rings. The summed E-state index contributed by atoms with van der Waals surface area (Å²) in [7, 11) is 0. The van der Waals surface area contributed by atoms with Gasteiger partial charge in [0.25, 0.3) is 0 Å². The Morgan fingerprint density at radius 1 is 1.44 bits per heavy atom. The topological polar surface area (TPSA) is 50.4 Å². The number of carbonyl (C=O) groups is 1. The smallest absolute Gasteiger partial charge is 0.231 e. The number of hydrogen-bond acceptors (Lipinski definition) is 3. The monoisotopic (exact) mass is 246 g/mol. The number of amides is 1. The van der Waals surface area contributed by atoms with Gasteiger partial charge in [-0.15, -0.1) is 0 Å². The largest absolute Gasteiger partial charge is 0.492 e. The molecule has 0 aromatic heterocycles. The first-order valence-corrected chi connectivity index (χ1v) is 6.57. The van der Waals surface area contributed by atoms with E-state index in [0.717, 1.165) is 30.8 Å². The van der Waals surface area contributed by atoms with Crippen molar-refractivity contribution in [1.82, 2.24) is 10.6 Å². The summed E-state index contributed by atoms with van der Waals surface area (Å²) < 4.78 is 5.53. The van der Waals surface area contributed by atoms with Gasteiger partial charge < -0.3 is 15.4 Å². The van der Waals surface area contributed by atoms with Crippen molar-refractivity contribution >= 4 is 5.91 Å². The molecule has 96 valence electrons. The third kappa shape index (κ3) is 2.20. The van der Waals surface area contributed by atoms with Gasteiger partial charge >= 0.3 is 0 Å². The molecule has 0 aliphatic carbocycles. The Morgan fingerprint density at radius 2 is 2.33 bits per heavy atom. The van der Waals surface area contributed by atoms with Gasteiger partial charge in [0, 0.05) is 18.2 Å². The summed E-state index contributed by atoms with van der Waals surface area (Å²) in [5.74, 6) is 0.771. The fraction of sp³-hybridized carbons (Fsp3) is 0.500. The maximum atomic E-state index is 12.1. The van der Waals surface area contributed by atoms with Crippen molar-refractivity contribution in [2.45, 2.75) is 24.8 Å². The predicted octanol–water partition coefficient (Wildman–Crippen LogP) is 1.03. The molecule has 0 saturated carbocycles. The van der Waals surface area contributed by atoms with Gasteiger partial charge in [0.15, 0.2) is 0 Å². The van der Waals surface area contributed by atoms with Gasteiger partial charge in [-0.3, -0.25) is 4.79 Å². The minimum absolute atomic E-state index is 0.0775. The number of fused-ring (bicyclic) bond motifs is 1. The van der Waals surface area contributed by atoms with Crippen LogP contribution in [0.5, 0.6) is 5.75 Å². The third-order valence-corrected chi connectivity index (χ3v) is 3.70. The zero-order valence-electron chi connectivity index (χ0n) is 10.3. The number of rotatable bonds is 3. The Morgan fingerprint density at radius 3 is 3.17 bits per heavy atom. The highest BCUT2D eigenvalue weighted by Gasteiger charge is 2.30. The van der Waals surface area contributed by atoms with Crippen LogP contribution in [0.4, 0.5) is 0 Å². The van der Waals surface area contributed by atoms with Crippen molar-refractivity contribution in [2.75, 3.05) is 19.7 Å². The first-order valence-electron chi connectivity index (χ1n) is 6.57. The lowest BCUT2D eigenvalue weighted by atomic mass is 10.0. The van der Waals surface area contributed by atoms with Crippen LogP contribution >= 0.6 is 0 Å². The standard InChI is InChI=1S/C14H18N2O2/c17-14(16-8-10-4-3-7-15-10)12-9-18-13-6-2-1-5-11(12)13/h1-2,5-6,10,12,15H,3-4,7-9H2,(H,16,17). The Labute approximate surface area is 107 Å². The van der Waals surface area contributed by atoms with Crippen LogP contribution in [0.2, 0.25) is 0 Å². The fourth-order valence-electron chi connectivity index (χ4n) is 2.66. The number of para-hydroxylation sites is 1. The van der Waals surface area contributed by atoms with Gasteiger partial charge in [-0.2, -0.15) is 0 Å². The summed E-state index contributed by atoms with van der Waals surface area (Å²) in [6, 6.07) is 8.21. The van der Waals surface area contributed by atoms with Gasteiger partial charge in [-0.1, -0.05) is 18.2 Å². The minimum atomic E-state index is -0.150. The van der Waals surface area contributed by atoms with Crippen molar-refractivity contribution in [2.24, 2.45) is 0 Å². The molecule has 0 radical (unpaired) electrons. The first kappa shape index (κ1) is 11.5. The van der Waals surface area contributed by atoms with Gasteiger partial charge in [0.2, 0.25) is 5.91 Å². The average Bonchev–Trinajstić information content (AvgIpc) is 3.05. The quantitative estimate of drug-likeness (QED) is 0.837. The molecule has 1 fully saturated rings. The van der Waals surface area contributed by atoms with Crippen molar-refractivity contribution in [1.29, 1.82) is 0 Å². The number of carbonyl (C=O) groups excluding carboxylic acids is 1. The van der Waals surface area contributed by atoms with Gasteiger partial charge in [0.05, 0.1) is 0 Å². The van der Waals surface area contributed by atoms with E-state index in [0.29, 0.717) is 12.6 Å². The molecule has 1 aromatic carbocycles. The van der Waals surface area contributed by atoms with Crippen molar-refractivity contribution in [3.63, 3.8) is 0 Å². The van der Waals surface area contributed by atoms with E-state index in [1.54, 1.807) is 0 Å². The van der Waals surface area contributed by atoms with E-state index in [9.17, 15) is 4.79 Å². The van der Waals surface area contributed by atoms with E-state index in [1.807, 2.05) is 24.3 Å². The molecule has 2 N–H and O–H groups in total. The highest BCUT2D eigenvalue weighted by Crippen LogP contribution is 2.33. The highest BCUT2D eigenvalue weighted by molar-refractivity contribution is 5.85. The van der Waals surface area contributed by atoms with Crippen molar-refractivity contribution in [3.05, 3.63) is 29.8 Å². The number of benzene rings is 1. The lowest BCUT2D eigenvalue weighted by Crippen LogP contribution is -2.39. The Balaban J connectivity index is 1.60. The van der Waals surface area contributed by atoms with E-state index in [-0.39, 0.29) is 11.8 Å². The Bertz CT molecular complexity index is 441. The van der Waals surface area contributed by atoms with Crippen LogP contribution < -0.4 is 15.4 Å². The van der Waals surface area contributed by atoms with Gasteiger partial charge in [0.1, 0.15) is 18.3 Å². The molecule has 2 atom stereocenters. The maximum Gasteiger partial charge on any atom is 0.231 e. The van der Waals surface area contributed by atoms with Crippen molar-refractivity contribution in [3.8, 4) is 5.75 Å². The normalized spacial score (nSPS) is 25.6. The van der Waals surface area contributed by atoms with Crippen LogP contribution in [-0.2, 0) is 4.79 Å².